The fourth-order valence-electron chi connectivity index (χ4n) is 2.07. The van der Waals surface area contributed by atoms with Crippen molar-refractivity contribution in [2.45, 2.75) is 32.9 Å². The molecule has 2 rings (SSSR count). The lowest BCUT2D eigenvalue weighted by molar-refractivity contribution is -0.138. The quantitative estimate of drug-likeness (QED) is 0.849. The minimum atomic E-state index is -0.756. The Kier molecular flexibility index (Phi) is 5.28. The number of aromatic nitrogens is 1. The van der Waals surface area contributed by atoms with Crippen molar-refractivity contribution in [2.75, 3.05) is 6.54 Å². The number of carboxylic acid groups (broad SMARTS) is 1. The smallest absolute Gasteiger partial charge is 0.304 e. The second-order valence-electron chi connectivity index (χ2n) is 4.67. The number of aliphatic carboxylic acids is 1. The molecular weight excluding hydrogens is 292 g/mol. The fraction of sp³-hybridized carbons (Fsp3) is 0.429. The van der Waals surface area contributed by atoms with E-state index in [9.17, 15) is 4.79 Å². The van der Waals surface area contributed by atoms with Gasteiger partial charge in [0, 0.05) is 28.9 Å². The SMILES string of the molecule is CCN(Cc1csc(-c2ccsc2)n1)C(C)CC(=O)O. The highest BCUT2D eigenvalue weighted by Gasteiger charge is 2.17. The zero-order chi connectivity index (χ0) is 14.5. The summed E-state index contributed by atoms with van der Waals surface area (Å²) in [5.74, 6) is -0.756. The van der Waals surface area contributed by atoms with E-state index in [1.165, 1.54) is 0 Å². The molecule has 0 aliphatic rings. The number of hydrogen-bond donors (Lipinski definition) is 1. The molecule has 108 valence electrons. The van der Waals surface area contributed by atoms with Crippen molar-refractivity contribution in [1.82, 2.24) is 9.88 Å². The molecule has 0 aromatic carbocycles. The minimum absolute atomic E-state index is 0.0174. The van der Waals surface area contributed by atoms with Crippen molar-refractivity contribution in [2.24, 2.45) is 0 Å². The molecule has 1 atom stereocenters. The van der Waals surface area contributed by atoms with Crippen LogP contribution in [-0.2, 0) is 11.3 Å². The molecule has 0 saturated heterocycles. The van der Waals surface area contributed by atoms with E-state index < -0.39 is 5.97 Å². The summed E-state index contributed by atoms with van der Waals surface area (Å²) in [4.78, 5) is 17.6. The van der Waals surface area contributed by atoms with Crippen molar-refractivity contribution < 1.29 is 9.90 Å². The predicted octanol–water partition coefficient (Wildman–Crippen LogP) is 3.56. The van der Waals surface area contributed by atoms with E-state index >= 15 is 0 Å². The van der Waals surface area contributed by atoms with Crippen LogP contribution in [0.15, 0.2) is 22.2 Å². The summed E-state index contributed by atoms with van der Waals surface area (Å²) in [5, 5.41) is 16.1. The van der Waals surface area contributed by atoms with Gasteiger partial charge in [0.1, 0.15) is 5.01 Å². The molecule has 2 aromatic heterocycles. The highest BCUT2D eigenvalue weighted by Crippen LogP contribution is 2.26. The van der Waals surface area contributed by atoms with E-state index in [1.54, 1.807) is 22.7 Å². The summed E-state index contributed by atoms with van der Waals surface area (Å²) >= 11 is 3.30. The van der Waals surface area contributed by atoms with Crippen molar-refractivity contribution in [3.63, 3.8) is 0 Å². The Bertz CT molecular complexity index is 551. The summed E-state index contributed by atoms with van der Waals surface area (Å²) in [6.45, 7) is 5.51. The molecular formula is C14H18N2O2S2. The first kappa shape index (κ1) is 15.2. The topological polar surface area (TPSA) is 53.4 Å². The van der Waals surface area contributed by atoms with Crippen LogP contribution in [0.5, 0.6) is 0 Å². The number of hydrogen-bond acceptors (Lipinski definition) is 5. The van der Waals surface area contributed by atoms with Gasteiger partial charge in [0.05, 0.1) is 12.1 Å². The van der Waals surface area contributed by atoms with Gasteiger partial charge in [-0.15, -0.1) is 11.3 Å². The summed E-state index contributed by atoms with van der Waals surface area (Å²) in [6.07, 6.45) is 0.162. The third kappa shape index (κ3) is 3.88. The maximum Gasteiger partial charge on any atom is 0.304 e. The predicted molar refractivity (Wildman–Crippen MR) is 83.2 cm³/mol. The second-order valence-corrected chi connectivity index (χ2v) is 6.30. The first-order valence-electron chi connectivity index (χ1n) is 6.53. The molecule has 0 fully saturated rings. The third-order valence-corrected chi connectivity index (χ3v) is 4.81. The lowest BCUT2D eigenvalue weighted by Gasteiger charge is -2.25. The van der Waals surface area contributed by atoms with Gasteiger partial charge in [0.2, 0.25) is 0 Å². The van der Waals surface area contributed by atoms with Crippen molar-refractivity contribution in [3.05, 3.63) is 27.9 Å². The first-order valence-corrected chi connectivity index (χ1v) is 8.35. The van der Waals surface area contributed by atoms with Crippen LogP contribution >= 0.6 is 22.7 Å². The van der Waals surface area contributed by atoms with E-state index in [-0.39, 0.29) is 12.5 Å². The molecule has 20 heavy (non-hydrogen) atoms. The molecule has 6 heteroatoms. The maximum absolute atomic E-state index is 10.8. The van der Waals surface area contributed by atoms with Crippen LogP contribution in [0.3, 0.4) is 0 Å². The molecule has 0 amide bonds. The number of nitrogens with zero attached hydrogens (tertiary/aromatic N) is 2. The molecule has 0 bridgehead atoms. The van der Waals surface area contributed by atoms with Gasteiger partial charge in [0.15, 0.2) is 0 Å². The highest BCUT2D eigenvalue weighted by atomic mass is 32.1. The fourth-order valence-corrected chi connectivity index (χ4v) is 3.59. The van der Waals surface area contributed by atoms with E-state index in [4.69, 9.17) is 5.11 Å². The minimum Gasteiger partial charge on any atom is -0.481 e. The van der Waals surface area contributed by atoms with Crippen LogP contribution in [0.1, 0.15) is 26.0 Å². The molecule has 4 nitrogen and oxygen atoms in total. The van der Waals surface area contributed by atoms with Crippen LogP contribution in [-0.4, -0.2) is 33.5 Å². The van der Waals surface area contributed by atoms with E-state index in [0.717, 1.165) is 22.8 Å². The van der Waals surface area contributed by atoms with E-state index in [0.29, 0.717) is 6.54 Å². The van der Waals surface area contributed by atoms with Gasteiger partial charge < -0.3 is 5.11 Å². The van der Waals surface area contributed by atoms with Gasteiger partial charge >= 0.3 is 5.97 Å². The average Bonchev–Trinajstić information content (AvgIpc) is 3.05. The zero-order valence-electron chi connectivity index (χ0n) is 11.6. The maximum atomic E-state index is 10.8. The molecule has 0 aliphatic heterocycles. The molecule has 0 saturated carbocycles. The lowest BCUT2D eigenvalue weighted by Crippen LogP contribution is -2.34. The van der Waals surface area contributed by atoms with Gasteiger partial charge in [-0.25, -0.2) is 4.98 Å². The summed E-state index contributed by atoms with van der Waals surface area (Å²) in [7, 11) is 0. The standard InChI is InChI=1S/C14H18N2O2S2/c1-3-16(10(2)6-13(17)18)7-12-9-20-14(15-12)11-4-5-19-8-11/h4-5,8-10H,3,6-7H2,1-2H3,(H,17,18). The summed E-state index contributed by atoms with van der Waals surface area (Å²) in [6, 6.07) is 2.08. The Morgan fingerprint density at radius 3 is 2.90 bits per heavy atom. The normalized spacial score (nSPS) is 12.8. The highest BCUT2D eigenvalue weighted by molar-refractivity contribution is 7.14. The van der Waals surface area contributed by atoms with Crippen molar-refractivity contribution in [1.29, 1.82) is 0 Å². The van der Waals surface area contributed by atoms with Gasteiger partial charge in [-0.2, -0.15) is 11.3 Å². The molecule has 1 unspecified atom stereocenters. The van der Waals surface area contributed by atoms with Crippen molar-refractivity contribution >= 4 is 28.6 Å². The number of carboxylic acids is 1. The molecule has 0 aliphatic carbocycles. The lowest BCUT2D eigenvalue weighted by atomic mass is 10.2. The Hall–Kier alpha value is -1.24. The van der Waals surface area contributed by atoms with Gasteiger partial charge in [0.25, 0.3) is 0 Å². The Balaban J connectivity index is 2.03. The van der Waals surface area contributed by atoms with E-state index in [1.807, 2.05) is 19.2 Å². The Morgan fingerprint density at radius 1 is 1.50 bits per heavy atom. The van der Waals surface area contributed by atoms with Crippen LogP contribution < -0.4 is 0 Å². The molecule has 2 heterocycles. The van der Waals surface area contributed by atoms with E-state index in [2.05, 4.69) is 26.7 Å². The first-order chi connectivity index (χ1) is 9.60. The Labute approximate surface area is 126 Å². The number of thiophene rings is 1. The summed E-state index contributed by atoms with van der Waals surface area (Å²) < 4.78 is 0. The summed E-state index contributed by atoms with van der Waals surface area (Å²) in [5.41, 5.74) is 2.17. The van der Waals surface area contributed by atoms with Crippen LogP contribution in [0.4, 0.5) is 0 Å². The molecule has 2 aromatic rings. The molecule has 1 N–H and O–H groups in total. The van der Waals surface area contributed by atoms with Crippen LogP contribution in [0, 0.1) is 0 Å². The van der Waals surface area contributed by atoms with Gasteiger partial charge in [-0.3, -0.25) is 9.69 Å². The number of rotatable bonds is 7. The zero-order valence-corrected chi connectivity index (χ0v) is 13.2. The average molecular weight is 310 g/mol. The van der Waals surface area contributed by atoms with Crippen LogP contribution in [0.2, 0.25) is 0 Å². The van der Waals surface area contributed by atoms with Gasteiger partial charge in [-0.05, 0) is 24.9 Å². The second kappa shape index (κ2) is 6.97. The largest absolute Gasteiger partial charge is 0.481 e. The molecule has 0 spiro atoms. The number of carbonyl (C=O) groups is 1. The number of thiazole rings is 1. The Morgan fingerprint density at radius 2 is 2.30 bits per heavy atom. The third-order valence-electron chi connectivity index (χ3n) is 3.18. The molecule has 0 radical (unpaired) electrons. The monoisotopic (exact) mass is 310 g/mol. The van der Waals surface area contributed by atoms with Crippen LogP contribution in [0.25, 0.3) is 10.6 Å². The van der Waals surface area contributed by atoms with Gasteiger partial charge in [-0.1, -0.05) is 6.92 Å². The van der Waals surface area contributed by atoms with Crippen molar-refractivity contribution in [3.8, 4) is 10.6 Å².